The molecule has 2 aliphatic carbocycles. The molecule has 2 aromatic heterocycles. The number of hydrogen-bond donors (Lipinski definition) is 0. The van der Waals surface area contributed by atoms with Gasteiger partial charge in [-0.15, -0.1) is 0 Å². The van der Waals surface area contributed by atoms with Crippen LogP contribution in [-0.2, 0) is 23.2 Å². The van der Waals surface area contributed by atoms with Gasteiger partial charge in [0.05, 0.1) is 11.6 Å². The first-order valence-corrected chi connectivity index (χ1v) is 7.86. The Hall–Kier alpha value is -2.04. The summed E-state index contributed by atoms with van der Waals surface area (Å²) in [7, 11) is 1.84. The Bertz CT molecular complexity index is 702. The second kappa shape index (κ2) is 5.00. The minimum Gasteiger partial charge on any atom is -0.465 e. The number of furan rings is 1. The Kier molecular flexibility index (Phi) is 3.10. The average Bonchev–Trinajstić information content (AvgIpc) is 3.34. The van der Waals surface area contributed by atoms with Crippen LogP contribution in [0.5, 0.6) is 0 Å². The fourth-order valence-electron chi connectivity index (χ4n) is 3.05. The van der Waals surface area contributed by atoms with Crippen molar-refractivity contribution in [1.82, 2.24) is 9.78 Å². The van der Waals surface area contributed by atoms with Crippen molar-refractivity contribution in [2.75, 3.05) is 0 Å². The van der Waals surface area contributed by atoms with E-state index in [2.05, 4.69) is 18.1 Å². The van der Waals surface area contributed by atoms with Crippen LogP contribution in [0.25, 0.3) is 0 Å². The van der Waals surface area contributed by atoms with Gasteiger partial charge in [-0.2, -0.15) is 5.10 Å². The Morgan fingerprint density at radius 3 is 2.68 bits per heavy atom. The predicted molar refractivity (Wildman–Crippen MR) is 79.1 cm³/mol. The van der Waals surface area contributed by atoms with Crippen LogP contribution >= 0.6 is 0 Å². The molecule has 0 spiro atoms. The van der Waals surface area contributed by atoms with Gasteiger partial charge in [-0.05, 0) is 37.0 Å². The van der Waals surface area contributed by atoms with Crippen LogP contribution in [0.1, 0.15) is 48.8 Å². The summed E-state index contributed by atoms with van der Waals surface area (Å²) in [4.78, 5) is 12.1. The van der Waals surface area contributed by atoms with Gasteiger partial charge in [-0.1, -0.05) is 6.92 Å². The molecule has 4 atom stereocenters. The van der Waals surface area contributed by atoms with E-state index in [0.717, 1.165) is 29.6 Å². The van der Waals surface area contributed by atoms with Crippen molar-refractivity contribution in [3.8, 4) is 0 Å². The maximum absolute atomic E-state index is 12.1. The maximum Gasteiger partial charge on any atom is 0.310 e. The van der Waals surface area contributed by atoms with Crippen molar-refractivity contribution in [2.24, 2.45) is 18.9 Å². The molecule has 0 amide bonds. The van der Waals surface area contributed by atoms with E-state index in [1.165, 1.54) is 6.42 Å². The quantitative estimate of drug-likeness (QED) is 0.797. The highest BCUT2D eigenvalue weighted by molar-refractivity contribution is 5.77. The molecule has 5 heteroatoms. The summed E-state index contributed by atoms with van der Waals surface area (Å²) >= 11 is 0. The number of carbonyl (C=O) groups excluding carboxylic acids is 1. The van der Waals surface area contributed by atoms with Crippen LogP contribution in [0.4, 0.5) is 0 Å². The van der Waals surface area contributed by atoms with Crippen molar-refractivity contribution >= 4 is 5.97 Å². The van der Waals surface area contributed by atoms with E-state index in [9.17, 15) is 4.79 Å². The predicted octanol–water partition coefficient (Wildman–Crippen LogP) is 2.98. The van der Waals surface area contributed by atoms with Gasteiger partial charge in [0, 0.05) is 25.1 Å². The molecule has 0 saturated heterocycles. The molecule has 0 radical (unpaired) electrons. The summed E-state index contributed by atoms with van der Waals surface area (Å²) in [5.74, 6) is 3.33. The molecule has 116 valence electrons. The Labute approximate surface area is 129 Å². The summed E-state index contributed by atoms with van der Waals surface area (Å²) in [6.07, 6.45) is 3.88. The van der Waals surface area contributed by atoms with Gasteiger partial charge < -0.3 is 9.15 Å². The van der Waals surface area contributed by atoms with Crippen molar-refractivity contribution in [2.45, 2.75) is 38.2 Å². The number of carbonyl (C=O) groups is 1. The topological polar surface area (TPSA) is 57.3 Å². The number of aryl methyl sites for hydroxylation is 1. The van der Waals surface area contributed by atoms with E-state index in [-0.39, 0.29) is 24.4 Å². The minimum absolute atomic E-state index is 0.0562. The van der Waals surface area contributed by atoms with Crippen LogP contribution in [-0.4, -0.2) is 15.7 Å². The Balaban J connectivity index is 1.31. The molecule has 2 aliphatic rings. The highest BCUT2D eigenvalue weighted by atomic mass is 16.5. The monoisotopic (exact) mass is 300 g/mol. The highest BCUT2D eigenvalue weighted by Gasteiger charge is 2.48. The van der Waals surface area contributed by atoms with Gasteiger partial charge in [-0.3, -0.25) is 9.48 Å². The molecular weight excluding hydrogens is 280 g/mol. The number of rotatable bonds is 5. The number of nitrogens with zero attached hydrogens (tertiary/aromatic N) is 2. The molecule has 0 N–H and O–H groups in total. The zero-order valence-corrected chi connectivity index (χ0v) is 12.9. The van der Waals surface area contributed by atoms with Crippen molar-refractivity contribution in [3.05, 3.63) is 41.6 Å². The van der Waals surface area contributed by atoms with Crippen LogP contribution in [0.15, 0.2) is 28.8 Å². The molecule has 2 saturated carbocycles. The van der Waals surface area contributed by atoms with Gasteiger partial charge in [0.15, 0.2) is 0 Å². The first kappa shape index (κ1) is 13.6. The largest absolute Gasteiger partial charge is 0.465 e. The van der Waals surface area contributed by atoms with Gasteiger partial charge in [0.1, 0.15) is 18.1 Å². The normalized spacial score (nSPS) is 29.4. The standard InChI is InChI=1S/C17H20N2O3/c1-10-7-12(10)15-3-4-16(22-15)13-8-14(13)17(20)21-9-11-5-6-19(2)18-11/h3-6,10,12-14H,7-9H2,1-2H3. The number of ether oxygens (including phenoxy) is 1. The molecular formula is C17H20N2O3. The van der Waals surface area contributed by atoms with Crippen LogP contribution in [0.3, 0.4) is 0 Å². The Morgan fingerprint density at radius 1 is 1.32 bits per heavy atom. The molecule has 22 heavy (non-hydrogen) atoms. The van der Waals surface area contributed by atoms with E-state index < -0.39 is 0 Å². The molecule has 4 unspecified atom stereocenters. The maximum atomic E-state index is 12.1. The van der Waals surface area contributed by atoms with Gasteiger partial charge >= 0.3 is 5.97 Å². The molecule has 4 rings (SSSR count). The molecule has 5 nitrogen and oxygen atoms in total. The van der Waals surface area contributed by atoms with Crippen LogP contribution < -0.4 is 0 Å². The van der Waals surface area contributed by atoms with E-state index in [1.54, 1.807) is 4.68 Å². The molecule has 0 bridgehead atoms. The van der Waals surface area contributed by atoms with E-state index >= 15 is 0 Å². The zero-order valence-electron chi connectivity index (χ0n) is 12.9. The summed E-state index contributed by atoms with van der Waals surface area (Å²) in [6, 6.07) is 5.95. The number of aromatic nitrogens is 2. The molecule has 0 aromatic carbocycles. The second-order valence-corrected chi connectivity index (χ2v) is 6.60. The highest BCUT2D eigenvalue weighted by Crippen LogP contribution is 2.52. The Morgan fingerprint density at radius 2 is 2.05 bits per heavy atom. The summed E-state index contributed by atoms with van der Waals surface area (Å²) < 4.78 is 13.0. The lowest BCUT2D eigenvalue weighted by molar-refractivity contribution is -0.146. The van der Waals surface area contributed by atoms with Gasteiger partial charge in [0.25, 0.3) is 0 Å². The van der Waals surface area contributed by atoms with Crippen molar-refractivity contribution < 1.29 is 13.9 Å². The molecule has 2 aromatic rings. The van der Waals surface area contributed by atoms with Gasteiger partial charge in [0.2, 0.25) is 0 Å². The third-order valence-electron chi connectivity index (χ3n) is 4.71. The molecule has 2 fully saturated rings. The number of hydrogen-bond acceptors (Lipinski definition) is 4. The summed E-state index contributed by atoms with van der Waals surface area (Å²) in [5.41, 5.74) is 0.774. The van der Waals surface area contributed by atoms with Crippen LogP contribution in [0, 0.1) is 11.8 Å². The smallest absolute Gasteiger partial charge is 0.310 e. The van der Waals surface area contributed by atoms with Crippen molar-refractivity contribution in [1.29, 1.82) is 0 Å². The first-order chi connectivity index (χ1) is 10.6. The van der Waals surface area contributed by atoms with Crippen molar-refractivity contribution in [3.63, 3.8) is 0 Å². The number of esters is 1. The lowest BCUT2D eigenvalue weighted by Gasteiger charge is -2.01. The lowest BCUT2D eigenvalue weighted by atomic mass is 10.2. The minimum atomic E-state index is -0.145. The SMILES string of the molecule is CC1CC1c1ccc(C2CC2C(=O)OCc2ccn(C)n2)o1. The van der Waals surface area contributed by atoms with E-state index in [4.69, 9.17) is 9.15 Å². The zero-order chi connectivity index (χ0) is 15.3. The third kappa shape index (κ3) is 2.56. The van der Waals surface area contributed by atoms with Gasteiger partial charge in [-0.25, -0.2) is 0 Å². The second-order valence-electron chi connectivity index (χ2n) is 6.60. The van der Waals surface area contributed by atoms with E-state index in [0.29, 0.717) is 5.92 Å². The average molecular weight is 300 g/mol. The summed E-state index contributed by atoms with van der Waals surface area (Å²) in [6.45, 7) is 2.48. The third-order valence-corrected chi connectivity index (χ3v) is 4.71. The lowest BCUT2D eigenvalue weighted by Crippen LogP contribution is -2.08. The summed E-state index contributed by atoms with van der Waals surface area (Å²) in [5, 5.41) is 4.20. The first-order valence-electron chi connectivity index (χ1n) is 7.86. The fraction of sp³-hybridized carbons (Fsp3) is 0.529. The fourth-order valence-corrected chi connectivity index (χ4v) is 3.05. The molecule has 2 heterocycles. The van der Waals surface area contributed by atoms with E-state index in [1.807, 2.05) is 25.4 Å². The van der Waals surface area contributed by atoms with Crippen LogP contribution in [0.2, 0.25) is 0 Å². The molecule has 0 aliphatic heterocycles.